The van der Waals surface area contributed by atoms with Gasteiger partial charge < -0.3 is 14.4 Å². The maximum atomic E-state index is 13.4. The Morgan fingerprint density at radius 1 is 1.05 bits per heavy atom. The molecule has 1 N–H and O–H groups in total. The maximum Gasteiger partial charge on any atom is 0.330 e. The summed E-state index contributed by atoms with van der Waals surface area (Å²) >= 11 is 12.2. The summed E-state index contributed by atoms with van der Waals surface area (Å²) in [6.07, 6.45) is 3.26. The number of amides is 1. The van der Waals surface area contributed by atoms with E-state index in [9.17, 15) is 22.8 Å². The van der Waals surface area contributed by atoms with E-state index in [-0.39, 0.29) is 24.1 Å². The van der Waals surface area contributed by atoms with Gasteiger partial charge in [-0.25, -0.2) is 13.2 Å². The number of nitrogens with zero attached hydrogens (tertiary/aromatic N) is 4. The monoisotopic (exact) mass is 607 g/mol. The normalized spacial score (nSPS) is 14.7. The number of carbonyl (C=O) groups is 1. The van der Waals surface area contributed by atoms with Crippen molar-refractivity contribution in [1.82, 2.24) is 18.9 Å². The van der Waals surface area contributed by atoms with E-state index in [0.717, 1.165) is 52.4 Å². The highest BCUT2D eigenvalue weighted by atomic mass is 35.5. The molecule has 1 aliphatic heterocycles. The number of hydrogen-bond acceptors (Lipinski definition) is 6. The van der Waals surface area contributed by atoms with E-state index in [1.807, 2.05) is 6.07 Å². The maximum absolute atomic E-state index is 13.4. The molecule has 0 spiro atoms. The molecule has 3 aromatic rings. The molecule has 0 radical (unpaired) electrons. The van der Waals surface area contributed by atoms with Gasteiger partial charge in [-0.05, 0) is 61.3 Å². The Labute approximate surface area is 242 Å². The van der Waals surface area contributed by atoms with Crippen molar-refractivity contribution in [3.8, 4) is 0 Å². The number of halogens is 2. The smallest absolute Gasteiger partial charge is 0.330 e. The molecule has 1 atom stereocenters. The molecular weight excluding hydrogens is 577 g/mol. The van der Waals surface area contributed by atoms with Crippen LogP contribution >= 0.6 is 23.2 Å². The van der Waals surface area contributed by atoms with E-state index < -0.39 is 26.2 Å². The molecule has 0 aliphatic carbocycles. The van der Waals surface area contributed by atoms with Crippen molar-refractivity contribution in [3.63, 3.8) is 0 Å². The fraction of sp³-hybridized carbons (Fsp3) is 0.370. The average molecular weight is 609 g/mol. The molecule has 1 unspecified atom stereocenters. The Morgan fingerprint density at radius 3 is 2.42 bits per heavy atom. The van der Waals surface area contributed by atoms with Crippen LogP contribution in [0.4, 0.5) is 5.69 Å². The van der Waals surface area contributed by atoms with Gasteiger partial charge in [0.1, 0.15) is 0 Å². The Balaban J connectivity index is 1.63. The number of likely N-dealkylation sites (tertiary alicyclic amines) is 1. The van der Waals surface area contributed by atoms with Crippen LogP contribution in [-0.4, -0.2) is 59.9 Å². The van der Waals surface area contributed by atoms with Gasteiger partial charge in [0.25, 0.3) is 15.6 Å². The number of anilines is 1. The second-order valence-electron chi connectivity index (χ2n) is 9.94. The number of nitrogens with one attached hydrogen (secondary N) is 1. The molecule has 1 aromatic heterocycles. The molecule has 0 saturated carbocycles. The van der Waals surface area contributed by atoms with E-state index in [1.165, 1.54) is 14.1 Å². The van der Waals surface area contributed by atoms with Crippen molar-refractivity contribution in [3.05, 3.63) is 90.7 Å². The number of likely N-dealkylation sites (N-methyl/N-ethyl adjacent to an activating group) is 1. The molecule has 1 amide bonds. The highest BCUT2D eigenvalue weighted by molar-refractivity contribution is 7.92. The summed E-state index contributed by atoms with van der Waals surface area (Å²) in [5.41, 5.74) is 0.123. The van der Waals surface area contributed by atoms with Gasteiger partial charge >= 0.3 is 5.69 Å². The largest absolute Gasteiger partial charge is 0.337 e. The lowest BCUT2D eigenvalue weighted by molar-refractivity contribution is -0.131. The van der Waals surface area contributed by atoms with E-state index in [1.54, 1.807) is 48.3 Å². The first kappa shape index (κ1) is 29.9. The second kappa shape index (κ2) is 12.2. The Morgan fingerprint density at radius 2 is 1.75 bits per heavy atom. The first-order valence-corrected chi connectivity index (χ1v) is 14.9. The number of aromatic nitrogens is 2. The molecule has 2 heterocycles. The summed E-state index contributed by atoms with van der Waals surface area (Å²) in [5.74, 6) is -0.137. The summed E-state index contributed by atoms with van der Waals surface area (Å²) in [6.45, 7) is 2.39. The van der Waals surface area contributed by atoms with Crippen molar-refractivity contribution in [1.29, 1.82) is 0 Å². The van der Waals surface area contributed by atoms with E-state index in [0.29, 0.717) is 16.6 Å². The van der Waals surface area contributed by atoms with Gasteiger partial charge in [-0.15, -0.1) is 0 Å². The number of rotatable bonds is 9. The lowest BCUT2D eigenvalue weighted by atomic mass is 10.0. The fourth-order valence-electron chi connectivity index (χ4n) is 4.76. The fourth-order valence-corrected chi connectivity index (χ4v) is 6.29. The van der Waals surface area contributed by atoms with Crippen LogP contribution in [0.2, 0.25) is 10.0 Å². The van der Waals surface area contributed by atoms with Gasteiger partial charge in [0.05, 0.1) is 22.5 Å². The van der Waals surface area contributed by atoms with Crippen LogP contribution in [0.1, 0.15) is 30.0 Å². The highest BCUT2D eigenvalue weighted by Gasteiger charge is 2.27. The summed E-state index contributed by atoms with van der Waals surface area (Å²) in [4.78, 5) is 41.4. The zero-order chi connectivity index (χ0) is 29.2. The number of carbonyl (C=O) groups excluding carboxylic acids is 1. The van der Waals surface area contributed by atoms with Crippen LogP contribution in [-0.2, 0) is 35.3 Å². The lowest BCUT2D eigenvalue weighted by Crippen LogP contribution is -2.40. The highest BCUT2D eigenvalue weighted by Crippen LogP contribution is 2.28. The molecule has 1 aliphatic rings. The van der Waals surface area contributed by atoms with Crippen molar-refractivity contribution >= 4 is 44.8 Å². The second-order valence-corrected chi connectivity index (χ2v) is 12.4. The van der Waals surface area contributed by atoms with Gasteiger partial charge in [-0.1, -0.05) is 41.4 Å². The minimum Gasteiger partial charge on any atom is -0.337 e. The van der Waals surface area contributed by atoms with E-state index in [2.05, 4.69) is 9.62 Å². The van der Waals surface area contributed by atoms with Crippen molar-refractivity contribution in [2.24, 2.45) is 14.1 Å². The van der Waals surface area contributed by atoms with Gasteiger partial charge in [0.2, 0.25) is 5.91 Å². The third-order valence-corrected chi connectivity index (χ3v) is 9.16. The van der Waals surface area contributed by atoms with Crippen LogP contribution in [0, 0.1) is 0 Å². The lowest BCUT2D eigenvalue weighted by Gasteiger charge is -2.32. The molecule has 2 aromatic carbocycles. The molecule has 1 fully saturated rings. The number of hydrogen-bond donors (Lipinski definition) is 1. The zero-order valence-corrected chi connectivity index (χ0v) is 24.8. The third kappa shape index (κ3) is 6.60. The van der Waals surface area contributed by atoms with Gasteiger partial charge in [0.15, 0.2) is 4.90 Å². The van der Waals surface area contributed by atoms with Crippen LogP contribution in [0.5, 0.6) is 0 Å². The molecule has 214 valence electrons. The van der Waals surface area contributed by atoms with Crippen molar-refractivity contribution in [2.75, 3.05) is 31.4 Å². The summed E-state index contributed by atoms with van der Waals surface area (Å²) in [5, 5.41) is 0.782. The summed E-state index contributed by atoms with van der Waals surface area (Å²) < 4.78 is 30.6. The molecule has 10 nitrogen and oxygen atoms in total. The Bertz CT molecular complexity index is 1650. The van der Waals surface area contributed by atoms with E-state index in [4.69, 9.17) is 23.2 Å². The number of sulfonamides is 1. The minimum atomic E-state index is -4.31. The van der Waals surface area contributed by atoms with Crippen LogP contribution in [0.15, 0.2) is 63.1 Å². The first-order chi connectivity index (χ1) is 18.9. The number of benzene rings is 2. The topological polar surface area (TPSA) is 114 Å². The summed E-state index contributed by atoms with van der Waals surface area (Å²) in [7, 11) is 0.00558. The molecule has 4 rings (SSSR count). The molecule has 40 heavy (non-hydrogen) atoms. The minimum absolute atomic E-state index is 0.117. The average Bonchev–Trinajstić information content (AvgIpc) is 3.43. The van der Waals surface area contributed by atoms with Gasteiger partial charge in [0, 0.05) is 39.6 Å². The predicted octanol–water partition coefficient (Wildman–Crippen LogP) is 3.03. The predicted molar refractivity (Wildman–Crippen MR) is 156 cm³/mol. The van der Waals surface area contributed by atoms with Gasteiger partial charge in [-0.2, -0.15) is 0 Å². The number of aryl methyl sites for hydroxylation is 1. The van der Waals surface area contributed by atoms with Gasteiger partial charge in [-0.3, -0.25) is 18.9 Å². The standard InChI is InChI=1S/C27H31Cl2N5O5S/c1-31-17-24(26(36)33(3)27(31)37)40(38,39)30-20-8-6-7-19(15-20)23(16-34-11-4-5-12-34)32(2)25(35)14-18-9-10-21(28)22(29)13-18/h6-10,13,15,17,23,30H,4-5,11-12,14,16H2,1-3H3. The SMILES string of the molecule is CN(C(=O)Cc1ccc(Cl)c(Cl)c1)C(CN1CCCC1)c1cccc(NS(=O)(=O)c2cn(C)c(=O)n(C)c2=O)c1. The first-order valence-electron chi connectivity index (χ1n) is 12.7. The van der Waals surface area contributed by atoms with Crippen LogP contribution < -0.4 is 16.0 Å². The molecular formula is C27H31Cl2N5O5S. The Hall–Kier alpha value is -3.12. The van der Waals surface area contributed by atoms with Crippen molar-refractivity contribution < 1.29 is 13.2 Å². The molecule has 13 heteroatoms. The quantitative estimate of drug-likeness (QED) is 0.400. The van der Waals surface area contributed by atoms with Crippen LogP contribution in [0.25, 0.3) is 0 Å². The molecule has 1 saturated heterocycles. The van der Waals surface area contributed by atoms with Crippen molar-refractivity contribution in [2.45, 2.75) is 30.2 Å². The zero-order valence-electron chi connectivity index (χ0n) is 22.4. The Kier molecular flexibility index (Phi) is 9.09. The van der Waals surface area contributed by atoms with Crippen LogP contribution in [0.3, 0.4) is 0 Å². The molecule has 0 bridgehead atoms. The third-order valence-electron chi connectivity index (χ3n) is 7.06. The van der Waals surface area contributed by atoms with E-state index >= 15 is 0 Å². The summed E-state index contributed by atoms with van der Waals surface area (Å²) in [6, 6.07) is 11.5.